The van der Waals surface area contributed by atoms with Crippen molar-refractivity contribution in [3.8, 4) is 0 Å². The van der Waals surface area contributed by atoms with E-state index in [0.29, 0.717) is 0 Å². The van der Waals surface area contributed by atoms with Crippen molar-refractivity contribution in [1.29, 1.82) is 0 Å². The first-order chi connectivity index (χ1) is 11.5. The number of hydrogen-bond acceptors (Lipinski definition) is 3. The maximum atomic E-state index is 12.4. The summed E-state index contributed by atoms with van der Waals surface area (Å²) in [6.07, 6.45) is 2.58. The molecule has 1 aromatic carbocycles. The van der Waals surface area contributed by atoms with Gasteiger partial charge in [-0.15, -0.1) is 0 Å². The van der Waals surface area contributed by atoms with Crippen LogP contribution in [-0.4, -0.2) is 42.4 Å². The molecule has 1 heterocycles. The molecule has 2 amide bonds. The molecule has 0 unspecified atom stereocenters. The summed E-state index contributed by atoms with van der Waals surface area (Å²) in [5, 5.41) is 5.91. The largest absolute Gasteiger partial charge is 0.356 e. The fraction of sp³-hybridized carbons (Fsp3) is 0.556. The van der Waals surface area contributed by atoms with Crippen LogP contribution in [-0.2, 0) is 9.59 Å². The molecule has 1 fully saturated rings. The van der Waals surface area contributed by atoms with Gasteiger partial charge in [0.1, 0.15) is 0 Å². The minimum atomic E-state index is -0.201. The summed E-state index contributed by atoms with van der Waals surface area (Å²) >= 11 is 3.38. The molecule has 0 spiro atoms. The van der Waals surface area contributed by atoms with Crippen LogP contribution in [0.4, 0.5) is 5.69 Å². The summed E-state index contributed by atoms with van der Waals surface area (Å²) in [7, 11) is 0. The predicted molar refractivity (Wildman–Crippen MR) is 99.8 cm³/mol. The molecule has 0 saturated carbocycles. The zero-order valence-electron chi connectivity index (χ0n) is 14.3. The highest BCUT2D eigenvalue weighted by Crippen LogP contribution is 2.20. The van der Waals surface area contributed by atoms with Crippen LogP contribution in [0.3, 0.4) is 0 Å². The van der Waals surface area contributed by atoms with E-state index < -0.39 is 0 Å². The van der Waals surface area contributed by atoms with Crippen molar-refractivity contribution in [1.82, 2.24) is 10.2 Å². The molecule has 0 radical (unpaired) electrons. The second-order valence-corrected chi connectivity index (χ2v) is 7.19. The van der Waals surface area contributed by atoms with Gasteiger partial charge in [0.05, 0.1) is 6.04 Å². The molecule has 1 aliphatic heterocycles. The number of hydrogen-bond donors (Lipinski definition) is 2. The molecule has 0 bridgehead atoms. The number of nitrogens with zero attached hydrogens (tertiary/aromatic N) is 1. The van der Waals surface area contributed by atoms with Crippen LogP contribution in [0.25, 0.3) is 0 Å². The first kappa shape index (κ1) is 18.9. The molecule has 0 aliphatic carbocycles. The number of carbonyl (C=O) groups excluding carboxylic acids is 2. The first-order valence-corrected chi connectivity index (χ1v) is 9.38. The number of anilines is 1. The molecular weight excluding hydrogens is 370 g/mol. The van der Waals surface area contributed by atoms with Gasteiger partial charge in [-0.1, -0.05) is 22.9 Å². The zero-order chi connectivity index (χ0) is 17.5. The molecule has 5 nitrogen and oxygen atoms in total. The van der Waals surface area contributed by atoms with Crippen LogP contribution in [0.15, 0.2) is 28.7 Å². The number of nitrogens with one attached hydrogen (secondary N) is 2. The van der Waals surface area contributed by atoms with Crippen LogP contribution < -0.4 is 10.6 Å². The third kappa shape index (κ3) is 5.31. The molecular formula is C18H26BrN3O2. The van der Waals surface area contributed by atoms with Crippen LogP contribution in [0, 0.1) is 5.92 Å². The predicted octanol–water partition coefficient (Wildman–Crippen LogP) is 3.01. The van der Waals surface area contributed by atoms with Gasteiger partial charge >= 0.3 is 0 Å². The van der Waals surface area contributed by atoms with E-state index in [1.807, 2.05) is 31.2 Å². The van der Waals surface area contributed by atoms with Crippen molar-refractivity contribution < 1.29 is 9.59 Å². The SMILES string of the molecule is CCCNC(=O)C1CCN([C@@H](C)C(=O)Nc2ccc(Br)cc2)CC1. The van der Waals surface area contributed by atoms with Gasteiger partial charge in [-0.25, -0.2) is 0 Å². The van der Waals surface area contributed by atoms with Crippen molar-refractivity contribution in [2.24, 2.45) is 5.92 Å². The number of benzene rings is 1. The monoisotopic (exact) mass is 395 g/mol. The van der Waals surface area contributed by atoms with Gasteiger partial charge in [0.25, 0.3) is 0 Å². The summed E-state index contributed by atoms with van der Waals surface area (Å²) in [5.74, 6) is 0.226. The van der Waals surface area contributed by atoms with Gasteiger partial charge < -0.3 is 10.6 Å². The van der Waals surface area contributed by atoms with E-state index in [0.717, 1.165) is 49.1 Å². The smallest absolute Gasteiger partial charge is 0.241 e. The van der Waals surface area contributed by atoms with Crippen LogP contribution in [0.2, 0.25) is 0 Å². The van der Waals surface area contributed by atoms with Crippen molar-refractivity contribution in [2.45, 2.75) is 39.2 Å². The third-order valence-corrected chi connectivity index (χ3v) is 5.02. The van der Waals surface area contributed by atoms with Crippen molar-refractivity contribution in [3.63, 3.8) is 0 Å². The fourth-order valence-electron chi connectivity index (χ4n) is 2.89. The summed E-state index contributed by atoms with van der Waals surface area (Å²) in [5.41, 5.74) is 0.795. The normalized spacial score (nSPS) is 17.3. The molecule has 6 heteroatoms. The van der Waals surface area contributed by atoms with Gasteiger partial charge in [0.2, 0.25) is 11.8 Å². The molecule has 0 aromatic heterocycles. The molecule has 1 aliphatic rings. The van der Waals surface area contributed by atoms with Crippen molar-refractivity contribution >= 4 is 33.4 Å². The first-order valence-electron chi connectivity index (χ1n) is 8.59. The minimum absolute atomic E-state index is 0.00814. The highest BCUT2D eigenvalue weighted by atomic mass is 79.9. The van der Waals surface area contributed by atoms with Crippen LogP contribution in [0.1, 0.15) is 33.1 Å². The maximum absolute atomic E-state index is 12.4. The standard InChI is InChI=1S/C18H26BrN3O2/c1-3-10-20-18(24)14-8-11-22(12-9-14)13(2)17(23)21-16-6-4-15(19)5-7-16/h4-7,13-14H,3,8-12H2,1-2H3,(H,20,24)(H,21,23)/t13-/m0/s1. The maximum Gasteiger partial charge on any atom is 0.241 e. The molecule has 132 valence electrons. The van der Waals surface area contributed by atoms with E-state index >= 15 is 0 Å². The average molecular weight is 396 g/mol. The Morgan fingerprint density at radius 1 is 1.25 bits per heavy atom. The van der Waals surface area contributed by atoms with Gasteiger partial charge in [0.15, 0.2) is 0 Å². The van der Waals surface area contributed by atoms with Crippen LogP contribution in [0.5, 0.6) is 0 Å². The minimum Gasteiger partial charge on any atom is -0.356 e. The summed E-state index contributed by atoms with van der Waals surface area (Å²) < 4.78 is 0.983. The Morgan fingerprint density at radius 2 is 1.88 bits per heavy atom. The van der Waals surface area contributed by atoms with Crippen LogP contribution >= 0.6 is 15.9 Å². The fourth-order valence-corrected chi connectivity index (χ4v) is 3.15. The lowest BCUT2D eigenvalue weighted by atomic mass is 9.95. The number of piperidine rings is 1. The topological polar surface area (TPSA) is 61.4 Å². The highest BCUT2D eigenvalue weighted by Gasteiger charge is 2.29. The van der Waals surface area contributed by atoms with Gasteiger partial charge in [0, 0.05) is 22.6 Å². The summed E-state index contributed by atoms with van der Waals surface area (Å²) in [6, 6.07) is 7.35. The Bertz CT molecular complexity index is 554. The molecule has 1 saturated heterocycles. The molecule has 1 atom stereocenters. The number of likely N-dealkylation sites (tertiary alicyclic amines) is 1. The number of halogens is 1. The Labute approximate surface area is 152 Å². The van der Waals surface area contributed by atoms with Gasteiger partial charge in [-0.05, 0) is 63.5 Å². The Morgan fingerprint density at radius 3 is 2.46 bits per heavy atom. The highest BCUT2D eigenvalue weighted by molar-refractivity contribution is 9.10. The lowest BCUT2D eigenvalue weighted by Crippen LogP contribution is -2.48. The lowest BCUT2D eigenvalue weighted by molar-refractivity contribution is -0.127. The van der Waals surface area contributed by atoms with Gasteiger partial charge in [-0.2, -0.15) is 0 Å². The number of carbonyl (C=O) groups is 2. The van der Waals surface area contributed by atoms with E-state index in [4.69, 9.17) is 0 Å². The van der Waals surface area contributed by atoms with E-state index in [2.05, 4.69) is 38.4 Å². The third-order valence-electron chi connectivity index (χ3n) is 4.49. The average Bonchev–Trinajstić information content (AvgIpc) is 2.61. The van der Waals surface area contributed by atoms with Crippen molar-refractivity contribution in [3.05, 3.63) is 28.7 Å². The zero-order valence-corrected chi connectivity index (χ0v) is 15.9. The van der Waals surface area contributed by atoms with E-state index in [9.17, 15) is 9.59 Å². The summed E-state index contributed by atoms with van der Waals surface area (Å²) in [6.45, 7) is 6.27. The second kappa shape index (κ2) is 9.18. The quantitative estimate of drug-likeness (QED) is 0.777. The summed E-state index contributed by atoms with van der Waals surface area (Å²) in [4.78, 5) is 26.6. The van der Waals surface area contributed by atoms with Gasteiger partial charge in [-0.3, -0.25) is 14.5 Å². The molecule has 2 N–H and O–H groups in total. The Hall–Kier alpha value is -1.40. The van der Waals surface area contributed by atoms with E-state index in [1.165, 1.54) is 0 Å². The second-order valence-electron chi connectivity index (χ2n) is 6.27. The van der Waals surface area contributed by atoms with E-state index in [1.54, 1.807) is 0 Å². The number of rotatable bonds is 6. The van der Waals surface area contributed by atoms with Crippen molar-refractivity contribution in [2.75, 3.05) is 25.0 Å². The Balaban J connectivity index is 1.81. The molecule has 2 rings (SSSR count). The number of amides is 2. The molecule has 1 aromatic rings. The molecule has 24 heavy (non-hydrogen) atoms. The Kier molecular flexibility index (Phi) is 7.24. The van der Waals surface area contributed by atoms with E-state index in [-0.39, 0.29) is 23.8 Å². The lowest BCUT2D eigenvalue weighted by Gasteiger charge is -2.34.